The third kappa shape index (κ3) is 2.84. The summed E-state index contributed by atoms with van der Waals surface area (Å²) in [6.07, 6.45) is 2.66. The van der Waals surface area contributed by atoms with Crippen molar-refractivity contribution in [3.05, 3.63) is 10.6 Å². The van der Waals surface area contributed by atoms with E-state index in [0.29, 0.717) is 18.6 Å². The number of anilines is 1. The number of hydrogen-bond donors (Lipinski definition) is 1. The molecule has 0 aliphatic carbocycles. The van der Waals surface area contributed by atoms with Crippen LogP contribution in [0.3, 0.4) is 0 Å². The lowest BCUT2D eigenvalue weighted by molar-refractivity contribution is 0.0893. The molecule has 0 radical (unpaired) electrons. The van der Waals surface area contributed by atoms with Crippen molar-refractivity contribution in [2.75, 3.05) is 25.1 Å². The smallest absolute Gasteiger partial charge is 0.185 e. The molecule has 4 nitrogen and oxygen atoms in total. The highest BCUT2D eigenvalue weighted by molar-refractivity contribution is 7.15. The summed E-state index contributed by atoms with van der Waals surface area (Å²) < 4.78 is 5.46. The lowest BCUT2D eigenvalue weighted by Gasteiger charge is -2.31. The SMILES string of the molecule is COC1CCCN(c2nc(C(C)C)c(CN)s2)C1. The molecule has 0 bridgehead atoms. The van der Waals surface area contributed by atoms with Crippen LogP contribution in [0.25, 0.3) is 0 Å². The van der Waals surface area contributed by atoms with Gasteiger partial charge >= 0.3 is 0 Å². The molecule has 2 N–H and O–H groups in total. The van der Waals surface area contributed by atoms with Gasteiger partial charge in [-0.25, -0.2) is 4.98 Å². The molecule has 1 atom stereocenters. The van der Waals surface area contributed by atoms with Gasteiger partial charge in [0.25, 0.3) is 0 Å². The molecule has 1 aliphatic heterocycles. The minimum Gasteiger partial charge on any atom is -0.380 e. The van der Waals surface area contributed by atoms with Crippen LogP contribution in [-0.4, -0.2) is 31.3 Å². The van der Waals surface area contributed by atoms with Crippen molar-refractivity contribution < 1.29 is 4.74 Å². The first kappa shape index (κ1) is 13.8. The van der Waals surface area contributed by atoms with E-state index in [4.69, 9.17) is 15.5 Å². The van der Waals surface area contributed by atoms with E-state index in [0.717, 1.165) is 30.3 Å². The average Bonchev–Trinajstić information content (AvgIpc) is 2.83. The second kappa shape index (κ2) is 5.99. The van der Waals surface area contributed by atoms with Crippen LogP contribution in [-0.2, 0) is 11.3 Å². The Bertz CT molecular complexity index is 392. The normalized spacial score (nSPS) is 20.7. The fourth-order valence-corrected chi connectivity index (χ4v) is 3.52. The highest BCUT2D eigenvalue weighted by Gasteiger charge is 2.23. The van der Waals surface area contributed by atoms with Crippen LogP contribution in [0.1, 0.15) is 43.2 Å². The second-order valence-corrected chi connectivity index (χ2v) is 6.17. The molecular formula is C13H23N3OS. The van der Waals surface area contributed by atoms with Crippen molar-refractivity contribution in [2.45, 2.75) is 45.3 Å². The summed E-state index contributed by atoms with van der Waals surface area (Å²) in [4.78, 5) is 8.34. The number of rotatable bonds is 4. The molecule has 0 aromatic carbocycles. The van der Waals surface area contributed by atoms with Crippen LogP contribution >= 0.6 is 11.3 Å². The van der Waals surface area contributed by atoms with E-state index in [2.05, 4.69) is 18.7 Å². The highest BCUT2D eigenvalue weighted by Crippen LogP contribution is 2.32. The Kier molecular flexibility index (Phi) is 4.59. The first-order valence-electron chi connectivity index (χ1n) is 6.63. The van der Waals surface area contributed by atoms with E-state index in [9.17, 15) is 0 Å². The third-order valence-electron chi connectivity index (χ3n) is 3.43. The summed E-state index contributed by atoms with van der Waals surface area (Å²) >= 11 is 1.74. The summed E-state index contributed by atoms with van der Waals surface area (Å²) in [5.74, 6) is 0.441. The van der Waals surface area contributed by atoms with Crippen molar-refractivity contribution in [3.63, 3.8) is 0 Å². The van der Waals surface area contributed by atoms with Gasteiger partial charge in [0.15, 0.2) is 5.13 Å². The molecule has 1 aliphatic rings. The Morgan fingerprint density at radius 3 is 2.89 bits per heavy atom. The average molecular weight is 269 g/mol. The van der Waals surface area contributed by atoms with E-state index in [-0.39, 0.29) is 0 Å². The van der Waals surface area contributed by atoms with Gasteiger partial charge in [-0.15, -0.1) is 11.3 Å². The van der Waals surface area contributed by atoms with Gasteiger partial charge < -0.3 is 15.4 Å². The van der Waals surface area contributed by atoms with Crippen LogP contribution in [0.4, 0.5) is 5.13 Å². The first-order chi connectivity index (χ1) is 8.65. The molecule has 18 heavy (non-hydrogen) atoms. The first-order valence-corrected chi connectivity index (χ1v) is 7.44. The summed E-state index contributed by atoms with van der Waals surface area (Å²) in [5.41, 5.74) is 6.98. The maximum atomic E-state index is 5.81. The van der Waals surface area contributed by atoms with Crippen LogP contribution in [0.5, 0.6) is 0 Å². The molecule has 1 saturated heterocycles. The lowest BCUT2D eigenvalue weighted by Crippen LogP contribution is -2.39. The summed E-state index contributed by atoms with van der Waals surface area (Å²) in [7, 11) is 1.79. The second-order valence-electron chi connectivity index (χ2n) is 5.11. The van der Waals surface area contributed by atoms with Crippen molar-refractivity contribution >= 4 is 16.5 Å². The van der Waals surface area contributed by atoms with Gasteiger partial charge in [0.2, 0.25) is 0 Å². The molecule has 2 rings (SSSR count). The lowest BCUT2D eigenvalue weighted by atomic mass is 10.1. The number of methoxy groups -OCH3 is 1. The summed E-state index contributed by atoms with van der Waals surface area (Å²) in [6, 6.07) is 0. The van der Waals surface area contributed by atoms with Gasteiger partial charge in [0.05, 0.1) is 11.8 Å². The summed E-state index contributed by atoms with van der Waals surface area (Å²) in [6.45, 7) is 6.96. The number of piperidine rings is 1. The van der Waals surface area contributed by atoms with Crippen molar-refractivity contribution in [1.82, 2.24) is 4.98 Å². The number of aromatic nitrogens is 1. The zero-order chi connectivity index (χ0) is 13.1. The Balaban J connectivity index is 2.17. The Labute approximate surface area is 113 Å². The molecule has 1 unspecified atom stereocenters. The largest absolute Gasteiger partial charge is 0.380 e. The van der Waals surface area contributed by atoms with Gasteiger partial charge in [-0.05, 0) is 18.8 Å². The maximum absolute atomic E-state index is 5.81. The zero-order valence-electron chi connectivity index (χ0n) is 11.5. The predicted molar refractivity (Wildman–Crippen MR) is 76.3 cm³/mol. The van der Waals surface area contributed by atoms with E-state index >= 15 is 0 Å². The highest BCUT2D eigenvalue weighted by atomic mass is 32.1. The van der Waals surface area contributed by atoms with Gasteiger partial charge in [0.1, 0.15) is 0 Å². The van der Waals surface area contributed by atoms with Crippen LogP contribution in [0.15, 0.2) is 0 Å². The molecule has 102 valence electrons. The fraction of sp³-hybridized carbons (Fsp3) is 0.769. The quantitative estimate of drug-likeness (QED) is 0.911. The van der Waals surface area contributed by atoms with Crippen molar-refractivity contribution in [3.8, 4) is 0 Å². The molecule has 0 saturated carbocycles. The predicted octanol–water partition coefficient (Wildman–Crippen LogP) is 2.34. The van der Waals surface area contributed by atoms with E-state index in [1.807, 2.05) is 0 Å². The van der Waals surface area contributed by atoms with Gasteiger partial charge in [0, 0.05) is 31.6 Å². The van der Waals surface area contributed by atoms with Gasteiger partial charge in [-0.3, -0.25) is 0 Å². The van der Waals surface area contributed by atoms with E-state index in [1.54, 1.807) is 18.4 Å². The van der Waals surface area contributed by atoms with Crippen molar-refractivity contribution in [2.24, 2.45) is 5.73 Å². The number of nitrogens with two attached hydrogens (primary N) is 1. The molecule has 2 heterocycles. The zero-order valence-corrected chi connectivity index (χ0v) is 12.3. The third-order valence-corrected chi connectivity index (χ3v) is 4.58. The molecule has 0 spiro atoms. The maximum Gasteiger partial charge on any atom is 0.185 e. The number of thiazole rings is 1. The Hall–Kier alpha value is -0.650. The summed E-state index contributed by atoms with van der Waals surface area (Å²) in [5, 5.41) is 1.11. The topological polar surface area (TPSA) is 51.4 Å². The Morgan fingerprint density at radius 2 is 2.33 bits per heavy atom. The van der Waals surface area contributed by atoms with Crippen LogP contribution in [0, 0.1) is 0 Å². The molecule has 5 heteroatoms. The standard InChI is InChI=1S/C13H23N3OS/c1-9(2)12-11(7-14)18-13(15-12)16-6-4-5-10(8-16)17-3/h9-10H,4-8,14H2,1-3H3. The molecule has 1 aromatic heterocycles. The monoisotopic (exact) mass is 269 g/mol. The van der Waals surface area contributed by atoms with Crippen molar-refractivity contribution in [1.29, 1.82) is 0 Å². The van der Waals surface area contributed by atoms with E-state index in [1.165, 1.54) is 11.3 Å². The van der Waals surface area contributed by atoms with E-state index < -0.39 is 0 Å². The van der Waals surface area contributed by atoms with Crippen LogP contribution < -0.4 is 10.6 Å². The molecule has 1 aromatic rings. The van der Waals surface area contributed by atoms with Gasteiger partial charge in [-0.1, -0.05) is 13.8 Å². The minimum absolute atomic E-state index is 0.339. The molecule has 1 fully saturated rings. The van der Waals surface area contributed by atoms with Gasteiger partial charge in [-0.2, -0.15) is 0 Å². The number of ether oxygens (including phenoxy) is 1. The number of nitrogens with zero attached hydrogens (tertiary/aromatic N) is 2. The Morgan fingerprint density at radius 1 is 1.56 bits per heavy atom. The number of hydrogen-bond acceptors (Lipinski definition) is 5. The van der Waals surface area contributed by atoms with Crippen LogP contribution in [0.2, 0.25) is 0 Å². The molecule has 0 amide bonds. The minimum atomic E-state index is 0.339. The molecular weight excluding hydrogens is 246 g/mol. The fourth-order valence-electron chi connectivity index (χ4n) is 2.39.